The van der Waals surface area contributed by atoms with Crippen molar-refractivity contribution in [3.8, 4) is 0 Å². The molecule has 5 heteroatoms. The third-order valence-corrected chi connectivity index (χ3v) is 8.16. The number of hydrogen-bond acceptors (Lipinski definition) is 0. The molecule has 0 aromatic heterocycles. The van der Waals surface area contributed by atoms with E-state index in [1.165, 1.54) is 24.6 Å². The Bertz CT molecular complexity index is 97.6. The van der Waals surface area contributed by atoms with Crippen molar-refractivity contribution in [2.75, 3.05) is 37.0 Å². The van der Waals surface area contributed by atoms with Gasteiger partial charge in [-0.15, -0.1) is 15.8 Å². The second kappa shape index (κ2) is 15.9. The Balaban J connectivity index is 0. The normalized spacial score (nSPS) is 10.7. The third kappa shape index (κ3) is 13.9. The zero-order valence-corrected chi connectivity index (χ0v) is 14.5. The average Bonchev–Trinajstić information content (AvgIpc) is 2.26. The number of halogens is 2. The maximum atomic E-state index is 4.70. The first-order chi connectivity index (χ1) is 7.19. The first-order valence-electron chi connectivity index (χ1n) is 5.46. The summed E-state index contributed by atoms with van der Waals surface area (Å²) < 4.78 is 0. The molecule has 15 heavy (non-hydrogen) atoms. The van der Waals surface area contributed by atoms with Crippen molar-refractivity contribution in [3.05, 3.63) is 0 Å². The van der Waals surface area contributed by atoms with Gasteiger partial charge in [-0.2, -0.15) is 0 Å². The topological polar surface area (TPSA) is 0 Å². The predicted octanol–water partition coefficient (Wildman–Crippen LogP) is 5.41. The standard InChI is InChI=1S/C10H24P2.2ClH.Ni/c1-5-11(6-2)9-10-12(7-3)8-4;;;/h5-10H2,1-4H3;2*1H;/q;;;+2/p-2. The monoisotopic (exact) mass is 334 g/mol. The van der Waals surface area contributed by atoms with E-state index in [0.717, 1.165) is 0 Å². The first-order valence-corrected chi connectivity index (χ1v) is 12.0. The molecule has 0 saturated carbocycles. The van der Waals surface area contributed by atoms with Gasteiger partial charge in [0.25, 0.3) is 0 Å². The fourth-order valence-electron chi connectivity index (χ4n) is 1.36. The summed E-state index contributed by atoms with van der Waals surface area (Å²) in [5.74, 6) is 0. The van der Waals surface area contributed by atoms with Gasteiger partial charge in [-0.25, -0.2) is 0 Å². The van der Waals surface area contributed by atoms with Crippen LogP contribution in [-0.2, 0) is 12.7 Å². The van der Waals surface area contributed by atoms with Crippen molar-refractivity contribution in [3.63, 3.8) is 0 Å². The van der Waals surface area contributed by atoms with E-state index in [2.05, 4.69) is 27.7 Å². The fourth-order valence-corrected chi connectivity index (χ4v) is 5.78. The second-order valence-electron chi connectivity index (χ2n) is 3.10. The van der Waals surface area contributed by atoms with Gasteiger partial charge in [-0.1, -0.05) is 27.7 Å². The van der Waals surface area contributed by atoms with Gasteiger partial charge in [0, 0.05) is 0 Å². The van der Waals surface area contributed by atoms with E-state index < -0.39 is 0 Å². The van der Waals surface area contributed by atoms with Crippen LogP contribution in [0.15, 0.2) is 0 Å². The summed E-state index contributed by atoms with van der Waals surface area (Å²) in [5.41, 5.74) is 0. The summed E-state index contributed by atoms with van der Waals surface area (Å²) in [6, 6.07) is 0. The van der Waals surface area contributed by atoms with Crippen LogP contribution >= 0.6 is 36.2 Å². The number of hydrogen-bond donors (Lipinski definition) is 0. The zero-order chi connectivity index (χ0) is 12.1. The summed E-state index contributed by atoms with van der Waals surface area (Å²) in [6.07, 6.45) is 8.89. The van der Waals surface area contributed by atoms with E-state index in [1.807, 2.05) is 0 Å². The van der Waals surface area contributed by atoms with Crippen molar-refractivity contribution >= 4 is 36.2 Å². The van der Waals surface area contributed by atoms with Crippen LogP contribution < -0.4 is 0 Å². The molecule has 0 N–H and O–H groups in total. The van der Waals surface area contributed by atoms with Gasteiger partial charge < -0.3 is 0 Å². The molecule has 0 nitrogen and oxygen atoms in total. The molecule has 0 amide bonds. The van der Waals surface area contributed by atoms with Crippen molar-refractivity contribution in [2.24, 2.45) is 0 Å². The SMILES string of the molecule is CCP(CC)CCP(CC)CC.[Cl][Ni][Cl]. The Morgan fingerprint density at radius 2 is 0.933 bits per heavy atom. The summed E-state index contributed by atoms with van der Waals surface area (Å²) in [7, 11) is 10.2. The molecule has 0 aliphatic rings. The molecule has 0 aliphatic carbocycles. The Labute approximate surface area is 113 Å². The molecule has 0 bridgehead atoms. The van der Waals surface area contributed by atoms with Crippen molar-refractivity contribution in [1.29, 1.82) is 0 Å². The fraction of sp³-hybridized carbons (Fsp3) is 1.00. The van der Waals surface area contributed by atoms with E-state index in [0.29, 0.717) is 28.5 Å². The van der Waals surface area contributed by atoms with E-state index >= 15 is 0 Å². The second-order valence-corrected chi connectivity index (χ2v) is 10.8. The van der Waals surface area contributed by atoms with E-state index in [1.54, 1.807) is 12.3 Å². The summed E-state index contributed by atoms with van der Waals surface area (Å²) in [6.45, 7) is 9.43. The molecule has 0 aromatic carbocycles. The van der Waals surface area contributed by atoms with Gasteiger partial charge >= 0.3 is 33.0 Å². The quantitative estimate of drug-likeness (QED) is 0.431. The van der Waals surface area contributed by atoms with Crippen LogP contribution in [0.5, 0.6) is 0 Å². The molecular formula is C10H24Cl2NiP2. The Kier molecular flexibility index (Phi) is 20.5. The molecule has 0 radical (unpaired) electrons. The van der Waals surface area contributed by atoms with E-state index in [9.17, 15) is 0 Å². The van der Waals surface area contributed by atoms with Gasteiger partial charge in [0.15, 0.2) is 0 Å². The number of rotatable bonds is 7. The van der Waals surface area contributed by atoms with Gasteiger partial charge in [-0.3, -0.25) is 0 Å². The van der Waals surface area contributed by atoms with Crippen LogP contribution in [0.25, 0.3) is 0 Å². The predicted molar refractivity (Wildman–Crippen MR) is 77.4 cm³/mol. The van der Waals surface area contributed by atoms with Crippen LogP contribution in [-0.4, -0.2) is 37.0 Å². The molecule has 98 valence electrons. The van der Waals surface area contributed by atoms with Crippen LogP contribution in [0.4, 0.5) is 0 Å². The Morgan fingerprint density at radius 3 is 1.07 bits per heavy atom. The molecule has 0 aromatic rings. The van der Waals surface area contributed by atoms with Gasteiger partial charge in [-0.05, 0) is 37.0 Å². The summed E-state index contributed by atoms with van der Waals surface area (Å²) >= 11 is 0.569. The van der Waals surface area contributed by atoms with Crippen LogP contribution in [0.1, 0.15) is 27.7 Å². The molecule has 0 rings (SSSR count). The molecule has 0 spiro atoms. The molecule has 0 atom stereocenters. The molecule has 0 saturated heterocycles. The first kappa shape index (κ1) is 19.3. The summed E-state index contributed by atoms with van der Waals surface area (Å²) in [4.78, 5) is 0. The minimum atomic E-state index is 0.416. The van der Waals surface area contributed by atoms with E-state index in [-0.39, 0.29) is 0 Å². The van der Waals surface area contributed by atoms with Gasteiger partial charge in [0.1, 0.15) is 0 Å². The van der Waals surface area contributed by atoms with Crippen LogP contribution in [0, 0.1) is 0 Å². The van der Waals surface area contributed by atoms with Crippen molar-refractivity contribution < 1.29 is 12.7 Å². The maximum absolute atomic E-state index is 4.70. The van der Waals surface area contributed by atoms with Gasteiger partial charge in [0.2, 0.25) is 0 Å². The van der Waals surface area contributed by atoms with E-state index in [4.69, 9.17) is 20.4 Å². The molecular weight excluding hydrogens is 312 g/mol. The van der Waals surface area contributed by atoms with Crippen molar-refractivity contribution in [1.82, 2.24) is 0 Å². The van der Waals surface area contributed by atoms with Crippen LogP contribution in [0.3, 0.4) is 0 Å². The Morgan fingerprint density at radius 1 is 0.733 bits per heavy atom. The van der Waals surface area contributed by atoms with Gasteiger partial charge in [0.05, 0.1) is 0 Å². The summed E-state index contributed by atoms with van der Waals surface area (Å²) in [5, 5.41) is 0. The molecule has 0 unspecified atom stereocenters. The zero-order valence-electron chi connectivity index (χ0n) is 10.2. The molecule has 0 heterocycles. The average molecular weight is 336 g/mol. The molecule has 0 fully saturated rings. The third-order valence-electron chi connectivity index (χ3n) is 2.52. The van der Waals surface area contributed by atoms with Crippen LogP contribution in [0.2, 0.25) is 0 Å². The molecule has 0 aliphatic heterocycles. The van der Waals surface area contributed by atoms with Crippen molar-refractivity contribution in [2.45, 2.75) is 27.7 Å². The minimum absolute atomic E-state index is 0.416. The Hall–Kier alpha value is 1.93.